The van der Waals surface area contributed by atoms with E-state index in [1.54, 1.807) is 30.3 Å². The molecule has 0 aliphatic heterocycles. The molecule has 0 heterocycles. The van der Waals surface area contributed by atoms with Crippen LogP contribution in [0.15, 0.2) is 66.7 Å². The summed E-state index contributed by atoms with van der Waals surface area (Å²) in [6.45, 7) is 1.63. The second-order valence-electron chi connectivity index (χ2n) is 5.77. The van der Waals surface area contributed by atoms with Gasteiger partial charge in [0, 0.05) is 18.3 Å². The van der Waals surface area contributed by atoms with Crippen molar-refractivity contribution in [1.29, 1.82) is 0 Å². The second kappa shape index (κ2) is 10.6. The van der Waals surface area contributed by atoms with Gasteiger partial charge in [0.05, 0.1) is 6.42 Å². The first kappa shape index (κ1) is 19.9. The summed E-state index contributed by atoms with van der Waals surface area (Å²) >= 11 is 0. The Balaban J connectivity index is 1.67. The van der Waals surface area contributed by atoms with E-state index in [9.17, 15) is 14.4 Å². The number of para-hydroxylation sites is 1. The molecule has 2 rings (SSSR count). The van der Waals surface area contributed by atoms with Crippen LogP contribution in [0.5, 0.6) is 0 Å². The number of amides is 2. The Labute approximate surface area is 158 Å². The summed E-state index contributed by atoms with van der Waals surface area (Å²) < 4.78 is 5.08. The third-order valence-corrected chi connectivity index (χ3v) is 3.57. The predicted molar refractivity (Wildman–Crippen MR) is 104 cm³/mol. The zero-order chi connectivity index (χ0) is 19.5. The summed E-state index contributed by atoms with van der Waals surface area (Å²) in [5.74, 6) is -1.27. The van der Waals surface area contributed by atoms with E-state index in [2.05, 4.69) is 10.6 Å². The molecule has 0 aliphatic rings. The van der Waals surface area contributed by atoms with E-state index < -0.39 is 18.0 Å². The average molecular weight is 366 g/mol. The van der Waals surface area contributed by atoms with Crippen LogP contribution in [0.1, 0.15) is 18.9 Å². The zero-order valence-electron chi connectivity index (χ0n) is 15.1. The van der Waals surface area contributed by atoms with Crippen molar-refractivity contribution in [3.05, 3.63) is 72.3 Å². The van der Waals surface area contributed by atoms with Gasteiger partial charge in [-0.05, 0) is 30.7 Å². The summed E-state index contributed by atoms with van der Waals surface area (Å²) in [6, 6.07) is 18.3. The van der Waals surface area contributed by atoms with E-state index in [0.717, 1.165) is 5.56 Å². The van der Waals surface area contributed by atoms with Crippen LogP contribution in [0.3, 0.4) is 0 Å². The SMILES string of the molecule is C[C@H](OC(=O)CCNC(=O)/C=C/c1ccccc1)C(=O)Nc1ccccc1. The van der Waals surface area contributed by atoms with Crippen LogP contribution in [-0.4, -0.2) is 30.4 Å². The summed E-state index contributed by atoms with van der Waals surface area (Å²) in [5, 5.41) is 5.26. The van der Waals surface area contributed by atoms with Crippen LogP contribution >= 0.6 is 0 Å². The van der Waals surface area contributed by atoms with E-state index >= 15 is 0 Å². The minimum absolute atomic E-state index is 0.0200. The molecule has 0 radical (unpaired) electrons. The van der Waals surface area contributed by atoms with Gasteiger partial charge in [-0.3, -0.25) is 14.4 Å². The number of esters is 1. The highest BCUT2D eigenvalue weighted by atomic mass is 16.5. The molecular formula is C21H22N2O4. The number of anilines is 1. The van der Waals surface area contributed by atoms with Gasteiger partial charge in [0.2, 0.25) is 5.91 Å². The van der Waals surface area contributed by atoms with Crippen LogP contribution in [0.2, 0.25) is 0 Å². The van der Waals surface area contributed by atoms with Crippen LogP contribution in [0, 0.1) is 0 Å². The molecule has 1 atom stereocenters. The number of carbonyl (C=O) groups excluding carboxylic acids is 3. The standard InChI is InChI=1S/C21H22N2O4/c1-16(21(26)23-18-10-6-3-7-11-18)27-20(25)14-15-22-19(24)13-12-17-8-4-2-5-9-17/h2-13,16H,14-15H2,1H3,(H,22,24)(H,23,26)/b13-12+/t16-/m0/s1. The third-order valence-electron chi connectivity index (χ3n) is 3.57. The lowest BCUT2D eigenvalue weighted by Crippen LogP contribution is -2.31. The molecule has 0 spiro atoms. The molecule has 6 heteroatoms. The van der Waals surface area contributed by atoms with Gasteiger partial charge in [-0.2, -0.15) is 0 Å². The summed E-state index contributed by atoms with van der Waals surface area (Å²) in [7, 11) is 0. The largest absolute Gasteiger partial charge is 0.452 e. The van der Waals surface area contributed by atoms with Crippen molar-refractivity contribution >= 4 is 29.5 Å². The Morgan fingerprint density at radius 3 is 2.30 bits per heavy atom. The number of carbonyl (C=O) groups is 3. The van der Waals surface area contributed by atoms with Gasteiger partial charge >= 0.3 is 5.97 Å². The normalized spacial score (nSPS) is 11.6. The minimum Gasteiger partial charge on any atom is -0.452 e. The third kappa shape index (κ3) is 7.56. The van der Waals surface area contributed by atoms with Crippen molar-refractivity contribution in [2.45, 2.75) is 19.4 Å². The van der Waals surface area contributed by atoms with Crippen LogP contribution in [-0.2, 0) is 19.1 Å². The van der Waals surface area contributed by atoms with Gasteiger partial charge in [-0.25, -0.2) is 0 Å². The number of rotatable bonds is 8. The highest BCUT2D eigenvalue weighted by molar-refractivity contribution is 5.95. The fourth-order valence-electron chi connectivity index (χ4n) is 2.16. The smallest absolute Gasteiger partial charge is 0.308 e. The van der Waals surface area contributed by atoms with E-state index in [1.807, 2.05) is 36.4 Å². The van der Waals surface area contributed by atoms with E-state index in [-0.39, 0.29) is 18.9 Å². The van der Waals surface area contributed by atoms with Crippen LogP contribution < -0.4 is 10.6 Å². The molecule has 0 fully saturated rings. The van der Waals surface area contributed by atoms with Crippen molar-refractivity contribution in [3.8, 4) is 0 Å². The maximum absolute atomic E-state index is 12.0. The predicted octanol–water partition coefficient (Wildman–Crippen LogP) is 2.78. The fraction of sp³-hybridized carbons (Fsp3) is 0.190. The van der Waals surface area contributed by atoms with Gasteiger partial charge in [0.15, 0.2) is 6.10 Å². The van der Waals surface area contributed by atoms with E-state index in [0.29, 0.717) is 5.69 Å². The molecule has 0 saturated heterocycles. The molecule has 2 aromatic carbocycles. The lowest BCUT2D eigenvalue weighted by atomic mass is 10.2. The highest BCUT2D eigenvalue weighted by Crippen LogP contribution is 2.07. The van der Waals surface area contributed by atoms with Crippen molar-refractivity contribution < 1.29 is 19.1 Å². The first-order chi connectivity index (χ1) is 13.0. The van der Waals surface area contributed by atoms with Crippen molar-refractivity contribution in [1.82, 2.24) is 5.32 Å². The molecular weight excluding hydrogens is 344 g/mol. The number of ether oxygens (including phenoxy) is 1. The molecule has 0 aliphatic carbocycles. The lowest BCUT2D eigenvalue weighted by molar-refractivity contribution is -0.153. The van der Waals surface area contributed by atoms with Gasteiger partial charge < -0.3 is 15.4 Å². The van der Waals surface area contributed by atoms with Crippen molar-refractivity contribution in [2.24, 2.45) is 0 Å². The maximum atomic E-state index is 12.0. The molecule has 140 valence electrons. The maximum Gasteiger partial charge on any atom is 0.308 e. The number of benzene rings is 2. The summed E-state index contributed by atoms with van der Waals surface area (Å²) in [6.07, 6.45) is 2.14. The van der Waals surface area contributed by atoms with Crippen molar-refractivity contribution in [2.75, 3.05) is 11.9 Å². The monoisotopic (exact) mass is 366 g/mol. The Hall–Kier alpha value is -3.41. The molecule has 27 heavy (non-hydrogen) atoms. The summed E-state index contributed by atoms with van der Waals surface area (Å²) in [5.41, 5.74) is 1.54. The fourth-order valence-corrected chi connectivity index (χ4v) is 2.16. The molecule has 2 amide bonds. The Bertz CT molecular complexity index is 788. The van der Waals surface area contributed by atoms with E-state index in [4.69, 9.17) is 4.74 Å². The molecule has 6 nitrogen and oxygen atoms in total. The molecule has 0 unspecified atom stereocenters. The first-order valence-corrected chi connectivity index (χ1v) is 8.61. The molecule has 0 aromatic heterocycles. The number of hydrogen-bond acceptors (Lipinski definition) is 4. The Morgan fingerprint density at radius 1 is 1.00 bits per heavy atom. The first-order valence-electron chi connectivity index (χ1n) is 8.61. The van der Waals surface area contributed by atoms with Gasteiger partial charge in [-0.1, -0.05) is 48.5 Å². The Morgan fingerprint density at radius 2 is 1.63 bits per heavy atom. The Kier molecular flexibility index (Phi) is 7.78. The number of hydrogen-bond donors (Lipinski definition) is 2. The average Bonchev–Trinajstić information content (AvgIpc) is 2.68. The second-order valence-corrected chi connectivity index (χ2v) is 5.77. The van der Waals surface area contributed by atoms with Crippen LogP contribution in [0.4, 0.5) is 5.69 Å². The number of nitrogens with one attached hydrogen (secondary N) is 2. The quantitative estimate of drug-likeness (QED) is 0.556. The topological polar surface area (TPSA) is 84.5 Å². The molecule has 2 N–H and O–H groups in total. The highest BCUT2D eigenvalue weighted by Gasteiger charge is 2.17. The van der Waals surface area contributed by atoms with Crippen molar-refractivity contribution in [3.63, 3.8) is 0 Å². The molecule has 0 saturated carbocycles. The van der Waals surface area contributed by atoms with Gasteiger partial charge in [0.25, 0.3) is 5.91 Å². The lowest BCUT2D eigenvalue weighted by Gasteiger charge is -2.13. The van der Waals surface area contributed by atoms with Crippen LogP contribution in [0.25, 0.3) is 6.08 Å². The minimum atomic E-state index is -0.925. The summed E-state index contributed by atoms with van der Waals surface area (Å²) in [4.78, 5) is 35.5. The molecule has 0 bridgehead atoms. The molecule has 2 aromatic rings. The van der Waals surface area contributed by atoms with E-state index in [1.165, 1.54) is 13.0 Å². The zero-order valence-corrected chi connectivity index (χ0v) is 15.1. The van der Waals surface area contributed by atoms with Gasteiger partial charge in [-0.15, -0.1) is 0 Å². The van der Waals surface area contributed by atoms with Gasteiger partial charge in [0.1, 0.15) is 0 Å².